The predicted octanol–water partition coefficient (Wildman–Crippen LogP) is 2.81. The lowest BCUT2D eigenvalue weighted by molar-refractivity contribution is -0.129. The van der Waals surface area contributed by atoms with Gasteiger partial charge >= 0.3 is 0 Å². The highest BCUT2D eigenvalue weighted by molar-refractivity contribution is 6.22. The monoisotopic (exact) mass is 378 g/mol. The third kappa shape index (κ3) is 3.15. The van der Waals surface area contributed by atoms with Crippen LogP contribution in [-0.2, 0) is 16.0 Å². The van der Waals surface area contributed by atoms with Crippen molar-refractivity contribution in [1.29, 1.82) is 0 Å². The summed E-state index contributed by atoms with van der Waals surface area (Å²) in [6.07, 6.45) is 2.41. The Hall–Kier alpha value is -3.15. The minimum atomic E-state index is -0.575. The third-order valence-corrected chi connectivity index (χ3v) is 5.41. The van der Waals surface area contributed by atoms with E-state index in [1.165, 1.54) is 4.90 Å². The van der Waals surface area contributed by atoms with Crippen LogP contribution >= 0.6 is 0 Å². The molecule has 0 N–H and O–H groups in total. The molecular formula is C22H22N2O4. The van der Waals surface area contributed by atoms with Crippen LogP contribution < -0.4 is 9.64 Å². The fraction of sp³-hybridized carbons (Fsp3) is 0.318. The van der Waals surface area contributed by atoms with E-state index >= 15 is 0 Å². The number of piperidine rings is 1. The standard InChI is InChI=1S/C22H22N2O4/c1-28-16-11-9-15(10-12-16)14-20(25)24-18-7-3-2-6-17(18)21(26)23-13-5-4-8-19(23)22(24)27/h2-3,6-7,9-12,19H,4-5,8,13-14H2,1H3/t19-/m1/s1. The maximum absolute atomic E-state index is 13.3. The van der Waals surface area contributed by atoms with Gasteiger partial charge in [-0.3, -0.25) is 14.4 Å². The maximum Gasteiger partial charge on any atom is 0.256 e. The molecule has 0 spiro atoms. The van der Waals surface area contributed by atoms with Crippen LogP contribution in [0.4, 0.5) is 5.69 Å². The smallest absolute Gasteiger partial charge is 0.256 e. The number of rotatable bonds is 3. The van der Waals surface area contributed by atoms with Crippen molar-refractivity contribution in [3.63, 3.8) is 0 Å². The summed E-state index contributed by atoms with van der Waals surface area (Å²) in [5.74, 6) is -0.108. The summed E-state index contributed by atoms with van der Waals surface area (Å²) in [6.45, 7) is 0.546. The van der Waals surface area contributed by atoms with Gasteiger partial charge in [-0.2, -0.15) is 0 Å². The highest BCUT2D eigenvalue weighted by Crippen LogP contribution is 2.32. The van der Waals surface area contributed by atoms with Crippen molar-refractivity contribution in [2.75, 3.05) is 18.6 Å². The topological polar surface area (TPSA) is 66.9 Å². The molecule has 2 aliphatic heterocycles. The number of fused-ring (bicyclic) bond motifs is 2. The lowest BCUT2D eigenvalue weighted by Gasteiger charge is -2.34. The predicted molar refractivity (Wildman–Crippen MR) is 104 cm³/mol. The van der Waals surface area contributed by atoms with Crippen LogP contribution in [0.1, 0.15) is 35.2 Å². The fourth-order valence-corrected chi connectivity index (χ4v) is 3.96. The van der Waals surface area contributed by atoms with Gasteiger partial charge < -0.3 is 9.64 Å². The Kier molecular flexibility index (Phi) is 4.86. The number of benzene rings is 2. The molecule has 4 rings (SSSR count). The molecule has 2 aliphatic rings. The minimum Gasteiger partial charge on any atom is -0.497 e. The first-order chi connectivity index (χ1) is 13.6. The Morgan fingerprint density at radius 3 is 2.57 bits per heavy atom. The van der Waals surface area contributed by atoms with E-state index in [0.717, 1.165) is 18.4 Å². The van der Waals surface area contributed by atoms with Crippen molar-refractivity contribution in [2.45, 2.75) is 31.7 Å². The van der Waals surface area contributed by atoms with Crippen molar-refractivity contribution in [1.82, 2.24) is 4.90 Å². The summed E-state index contributed by atoms with van der Waals surface area (Å²) >= 11 is 0. The first-order valence-corrected chi connectivity index (χ1v) is 9.50. The Morgan fingerprint density at radius 2 is 1.82 bits per heavy atom. The van der Waals surface area contributed by atoms with E-state index in [9.17, 15) is 14.4 Å². The fourth-order valence-electron chi connectivity index (χ4n) is 3.96. The van der Waals surface area contributed by atoms with Crippen LogP contribution in [0, 0.1) is 0 Å². The molecule has 6 heteroatoms. The average Bonchev–Trinajstić information content (AvgIpc) is 2.82. The lowest BCUT2D eigenvalue weighted by atomic mass is 10.0. The number of hydrogen-bond donors (Lipinski definition) is 0. The molecule has 1 fully saturated rings. The van der Waals surface area contributed by atoms with Crippen LogP contribution in [0.2, 0.25) is 0 Å². The molecular weight excluding hydrogens is 356 g/mol. The average molecular weight is 378 g/mol. The molecule has 1 atom stereocenters. The van der Waals surface area contributed by atoms with E-state index in [1.807, 2.05) is 12.1 Å². The molecule has 0 aliphatic carbocycles. The Labute approximate surface area is 163 Å². The van der Waals surface area contributed by atoms with Crippen molar-refractivity contribution in [2.24, 2.45) is 0 Å². The summed E-state index contributed by atoms with van der Waals surface area (Å²) in [7, 11) is 1.58. The van der Waals surface area contributed by atoms with Gasteiger partial charge in [-0.25, -0.2) is 4.90 Å². The minimum absolute atomic E-state index is 0.0744. The summed E-state index contributed by atoms with van der Waals surface area (Å²) in [5, 5.41) is 0. The third-order valence-electron chi connectivity index (χ3n) is 5.41. The zero-order chi connectivity index (χ0) is 19.7. The Bertz CT molecular complexity index is 922. The molecule has 0 saturated carbocycles. The van der Waals surface area contributed by atoms with Gasteiger partial charge in [-0.1, -0.05) is 24.3 Å². The quantitative estimate of drug-likeness (QED) is 0.824. The van der Waals surface area contributed by atoms with Crippen molar-refractivity contribution in [3.05, 3.63) is 59.7 Å². The van der Waals surface area contributed by atoms with Crippen molar-refractivity contribution < 1.29 is 19.1 Å². The molecule has 6 nitrogen and oxygen atoms in total. The van der Waals surface area contributed by atoms with E-state index in [4.69, 9.17) is 4.74 Å². The zero-order valence-corrected chi connectivity index (χ0v) is 15.8. The molecule has 0 aromatic heterocycles. The van der Waals surface area contributed by atoms with E-state index in [1.54, 1.807) is 48.4 Å². The first-order valence-electron chi connectivity index (χ1n) is 9.50. The first kappa shape index (κ1) is 18.2. The SMILES string of the molecule is COc1ccc(CC(=O)N2C(=O)[C@H]3CCCCN3C(=O)c3ccccc32)cc1. The van der Waals surface area contributed by atoms with Gasteiger partial charge in [0.2, 0.25) is 5.91 Å². The summed E-state index contributed by atoms with van der Waals surface area (Å²) in [5.41, 5.74) is 1.57. The number of methoxy groups -OCH3 is 1. The number of anilines is 1. The second-order valence-corrected chi connectivity index (χ2v) is 7.12. The van der Waals surface area contributed by atoms with Gasteiger partial charge in [0.25, 0.3) is 11.8 Å². The molecule has 0 unspecified atom stereocenters. The number of amides is 3. The number of carbonyl (C=O) groups excluding carboxylic acids is 3. The van der Waals surface area contributed by atoms with Crippen LogP contribution in [0.5, 0.6) is 5.75 Å². The molecule has 144 valence electrons. The Morgan fingerprint density at radius 1 is 1.07 bits per heavy atom. The van der Waals surface area contributed by atoms with Crippen LogP contribution in [0.15, 0.2) is 48.5 Å². The van der Waals surface area contributed by atoms with Gasteiger partial charge in [-0.15, -0.1) is 0 Å². The molecule has 2 heterocycles. The highest BCUT2D eigenvalue weighted by atomic mass is 16.5. The lowest BCUT2D eigenvalue weighted by Crippen LogP contribution is -2.52. The number of nitrogens with zero attached hydrogens (tertiary/aromatic N) is 2. The van der Waals surface area contributed by atoms with E-state index < -0.39 is 6.04 Å². The van der Waals surface area contributed by atoms with Gasteiger partial charge in [-0.05, 0) is 49.1 Å². The molecule has 3 amide bonds. The van der Waals surface area contributed by atoms with E-state index in [-0.39, 0.29) is 24.1 Å². The number of hydrogen-bond acceptors (Lipinski definition) is 4. The number of carbonyl (C=O) groups is 3. The molecule has 1 saturated heterocycles. The number of ether oxygens (including phenoxy) is 1. The molecule has 2 aromatic rings. The van der Waals surface area contributed by atoms with Gasteiger partial charge in [0.15, 0.2) is 0 Å². The molecule has 2 aromatic carbocycles. The number of para-hydroxylation sites is 1. The second kappa shape index (κ2) is 7.46. The maximum atomic E-state index is 13.3. The zero-order valence-electron chi connectivity index (χ0n) is 15.8. The van der Waals surface area contributed by atoms with Crippen LogP contribution in [0.3, 0.4) is 0 Å². The molecule has 0 bridgehead atoms. The largest absolute Gasteiger partial charge is 0.497 e. The van der Waals surface area contributed by atoms with E-state index in [2.05, 4.69) is 0 Å². The van der Waals surface area contributed by atoms with Crippen LogP contribution in [-0.4, -0.2) is 42.3 Å². The number of imide groups is 1. The molecule has 0 radical (unpaired) electrons. The summed E-state index contributed by atoms with van der Waals surface area (Å²) < 4.78 is 5.15. The van der Waals surface area contributed by atoms with Crippen LogP contribution in [0.25, 0.3) is 0 Å². The van der Waals surface area contributed by atoms with Gasteiger partial charge in [0, 0.05) is 6.54 Å². The van der Waals surface area contributed by atoms with Gasteiger partial charge in [0.1, 0.15) is 11.8 Å². The van der Waals surface area contributed by atoms with Crippen molar-refractivity contribution in [3.8, 4) is 5.75 Å². The summed E-state index contributed by atoms with van der Waals surface area (Å²) in [6, 6.07) is 13.5. The van der Waals surface area contributed by atoms with Gasteiger partial charge in [0.05, 0.1) is 24.8 Å². The normalized spacial score (nSPS) is 19.0. The Balaban J connectivity index is 1.70. The highest BCUT2D eigenvalue weighted by Gasteiger charge is 2.42. The second-order valence-electron chi connectivity index (χ2n) is 7.12. The molecule has 28 heavy (non-hydrogen) atoms. The summed E-state index contributed by atoms with van der Waals surface area (Å²) in [4.78, 5) is 42.4. The van der Waals surface area contributed by atoms with E-state index in [0.29, 0.717) is 30.0 Å². The van der Waals surface area contributed by atoms with Crippen molar-refractivity contribution >= 4 is 23.4 Å².